The number of phenolic OH excluding ortho intramolecular Hbond substituents is 1. The van der Waals surface area contributed by atoms with E-state index in [1.807, 2.05) is 13.0 Å². The number of halogens is 2. The Kier molecular flexibility index (Phi) is 5.14. The van der Waals surface area contributed by atoms with Crippen LogP contribution in [0, 0.1) is 6.92 Å². The molecular weight excluding hydrogens is 400 g/mol. The van der Waals surface area contributed by atoms with Gasteiger partial charge in [-0.2, -0.15) is 5.10 Å². The number of aromatic hydroxyl groups is 1. The molecule has 2 aromatic rings. The van der Waals surface area contributed by atoms with E-state index in [9.17, 15) is 9.90 Å². The van der Waals surface area contributed by atoms with E-state index in [2.05, 4.69) is 42.4 Å². The van der Waals surface area contributed by atoms with Crippen LogP contribution in [-0.4, -0.2) is 17.2 Å². The van der Waals surface area contributed by atoms with E-state index in [0.29, 0.717) is 15.6 Å². The van der Waals surface area contributed by atoms with Crippen LogP contribution in [0.15, 0.2) is 50.4 Å². The molecule has 0 aliphatic rings. The first-order chi connectivity index (χ1) is 10.0. The van der Waals surface area contributed by atoms with Crippen LogP contribution in [0.2, 0.25) is 0 Å². The number of amides is 1. The molecule has 2 N–H and O–H groups in total. The molecule has 0 unspecified atom stereocenters. The van der Waals surface area contributed by atoms with Crippen LogP contribution >= 0.6 is 31.9 Å². The summed E-state index contributed by atoms with van der Waals surface area (Å²) in [7, 11) is 0. The van der Waals surface area contributed by atoms with E-state index in [0.717, 1.165) is 10.0 Å². The summed E-state index contributed by atoms with van der Waals surface area (Å²) in [6, 6.07) is 10.5. The Labute approximate surface area is 139 Å². The zero-order valence-electron chi connectivity index (χ0n) is 11.1. The van der Waals surface area contributed by atoms with Gasteiger partial charge in [-0.25, -0.2) is 5.43 Å². The molecule has 0 aromatic heterocycles. The van der Waals surface area contributed by atoms with Crippen molar-refractivity contribution in [2.75, 3.05) is 0 Å². The lowest BCUT2D eigenvalue weighted by molar-refractivity contribution is 0.0955. The normalized spacial score (nSPS) is 10.8. The molecule has 0 heterocycles. The van der Waals surface area contributed by atoms with Gasteiger partial charge in [0.05, 0.1) is 10.7 Å². The fourth-order valence-corrected chi connectivity index (χ4v) is 2.79. The molecule has 0 aliphatic heterocycles. The maximum absolute atomic E-state index is 11.8. The molecular formula is C15H12Br2N2O2. The quantitative estimate of drug-likeness (QED) is 0.592. The molecule has 4 nitrogen and oxygen atoms in total. The average Bonchev–Trinajstić information content (AvgIpc) is 2.51. The lowest BCUT2D eigenvalue weighted by Crippen LogP contribution is -2.17. The van der Waals surface area contributed by atoms with Crippen LogP contribution in [0.1, 0.15) is 21.5 Å². The molecule has 0 atom stereocenters. The second-order valence-electron chi connectivity index (χ2n) is 4.30. The Morgan fingerprint density at radius 1 is 1.29 bits per heavy atom. The van der Waals surface area contributed by atoms with Crippen molar-refractivity contribution in [3.8, 4) is 5.75 Å². The van der Waals surface area contributed by atoms with Gasteiger partial charge in [0.2, 0.25) is 0 Å². The summed E-state index contributed by atoms with van der Waals surface area (Å²) in [4.78, 5) is 11.8. The van der Waals surface area contributed by atoms with Crippen LogP contribution in [-0.2, 0) is 0 Å². The van der Waals surface area contributed by atoms with Gasteiger partial charge >= 0.3 is 0 Å². The van der Waals surface area contributed by atoms with Gasteiger partial charge in [0.15, 0.2) is 0 Å². The Bertz CT molecular complexity index is 701. The number of phenols is 1. The summed E-state index contributed by atoms with van der Waals surface area (Å²) in [5, 5.41) is 13.9. The van der Waals surface area contributed by atoms with Gasteiger partial charge in [-0.3, -0.25) is 4.79 Å². The molecule has 0 spiro atoms. The second kappa shape index (κ2) is 6.87. The van der Waals surface area contributed by atoms with Gasteiger partial charge in [0.1, 0.15) is 5.75 Å². The standard InChI is InChI=1S/C15H12Br2N2O2/c1-9-12(16)7-11(14(20)13(9)17)8-18-19-15(21)10-5-3-2-4-6-10/h2-8,20H,1H3,(H,19,21)/b18-8+. The third-order valence-corrected chi connectivity index (χ3v) is 4.65. The summed E-state index contributed by atoms with van der Waals surface area (Å²) in [5.41, 5.74) is 4.32. The first-order valence-corrected chi connectivity index (χ1v) is 7.65. The first kappa shape index (κ1) is 15.7. The zero-order chi connectivity index (χ0) is 15.4. The first-order valence-electron chi connectivity index (χ1n) is 6.06. The minimum Gasteiger partial charge on any atom is -0.506 e. The third kappa shape index (κ3) is 3.71. The predicted octanol–water partition coefficient (Wildman–Crippen LogP) is 3.99. The van der Waals surface area contributed by atoms with E-state index in [4.69, 9.17) is 0 Å². The molecule has 1 amide bonds. The maximum atomic E-state index is 11.8. The number of carbonyl (C=O) groups is 1. The smallest absolute Gasteiger partial charge is 0.271 e. The number of rotatable bonds is 3. The third-order valence-electron chi connectivity index (χ3n) is 2.86. The van der Waals surface area contributed by atoms with Crippen LogP contribution < -0.4 is 5.43 Å². The largest absolute Gasteiger partial charge is 0.506 e. The van der Waals surface area contributed by atoms with Gasteiger partial charge in [-0.1, -0.05) is 34.1 Å². The highest BCUT2D eigenvalue weighted by Gasteiger charge is 2.10. The number of hydrazone groups is 1. The van der Waals surface area contributed by atoms with Crippen molar-refractivity contribution >= 4 is 44.0 Å². The molecule has 0 fully saturated rings. The Hall–Kier alpha value is -1.66. The van der Waals surface area contributed by atoms with E-state index >= 15 is 0 Å². The molecule has 0 saturated carbocycles. The maximum Gasteiger partial charge on any atom is 0.271 e. The molecule has 21 heavy (non-hydrogen) atoms. The van der Waals surface area contributed by atoms with Gasteiger partial charge < -0.3 is 5.11 Å². The highest BCUT2D eigenvalue weighted by atomic mass is 79.9. The molecule has 0 radical (unpaired) electrons. The lowest BCUT2D eigenvalue weighted by Gasteiger charge is -2.07. The monoisotopic (exact) mass is 410 g/mol. The second-order valence-corrected chi connectivity index (χ2v) is 5.95. The van der Waals surface area contributed by atoms with E-state index < -0.39 is 0 Å². The van der Waals surface area contributed by atoms with Gasteiger partial charge in [0.25, 0.3) is 5.91 Å². The zero-order valence-corrected chi connectivity index (χ0v) is 14.3. The SMILES string of the molecule is Cc1c(Br)cc(/C=N/NC(=O)c2ccccc2)c(O)c1Br. The Balaban J connectivity index is 2.14. The van der Waals surface area contributed by atoms with Gasteiger partial charge in [-0.05, 0) is 46.6 Å². The summed E-state index contributed by atoms with van der Waals surface area (Å²) >= 11 is 6.71. The van der Waals surface area contributed by atoms with Crippen LogP contribution in [0.3, 0.4) is 0 Å². The van der Waals surface area contributed by atoms with Gasteiger partial charge in [0, 0.05) is 15.6 Å². The van der Waals surface area contributed by atoms with Crippen molar-refractivity contribution in [1.82, 2.24) is 5.43 Å². The molecule has 6 heteroatoms. The predicted molar refractivity (Wildman–Crippen MR) is 89.7 cm³/mol. The summed E-state index contributed by atoms with van der Waals surface area (Å²) < 4.78 is 1.43. The van der Waals surface area contributed by atoms with Crippen molar-refractivity contribution in [3.05, 3.63) is 62.0 Å². The average molecular weight is 412 g/mol. The van der Waals surface area contributed by atoms with Crippen molar-refractivity contribution < 1.29 is 9.90 Å². The minimum atomic E-state index is -0.309. The van der Waals surface area contributed by atoms with Crippen LogP contribution in [0.4, 0.5) is 0 Å². The van der Waals surface area contributed by atoms with Crippen LogP contribution in [0.5, 0.6) is 5.75 Å². The highest BCUT2D eigenvalue weighted by molar-refractivity contribution is 9.11. The Morgan fingerprint density at radius 2 is 1.95 bits per heavy atom. The number of benzene rings is 2. The number of nitrogens with one attached hydrogen (secondary N) is 1. The summed E-state index contributed by atoms with van der Waals surface area (Å²) in [5.74, 6) is -0.231. The molecule has 0 saturated heterocycles. The molecule has 108 valence electrons. The number of nitrogens with zero attached hydrogens (tertiary/aromatic N) is 1. The lowest BCUT2D eigenvalue weighted by atomic mass is 10.1. The summed E-state index contributed by atoms with van der Waals surface area (Å²) in [6.45, 7) is 1.87. The highest BCUT2D eigenvalue weighted by Crippen LogP contribution is 2.35. The number of hydrogen-bond acceptors (Lipinski definition) is 3. The fraction of sp³-hybridized carbons (Fsp3) is 0.0667. The molecule has 2 rings (SSSR count). The fourth-order valence-electron chi connectivity index (χ4n) is 1.64. The van der Waals surface area contributed by atoms with Crippen molar-refractivity contribution in [3.63, 3.8) is 0 Å². The summed E-state index contributed by atoms with van der Waals surface area (Å²) in [6.07, 6.45) is 1.39. The van der Waals surface area contributed by atoms with Crippen molar-refractivity contribution in [2.45, 2.75) is 6.92 Å². The number of carbonyl (C=O) groups excluding carboxylic acids is 1. The minimum absolute atomic E-state index is 0.0772. The van der Waals surface area contributed by atoms with Crippen LogP contribution in [0.25, 0.3) is 0 Å². The van der Waals surface area contributed by atoms with Crippen molar-refractivity contribution in [2.24, 2.45) is 5.10 Å². The molecule has 2 aromatic carbocycles. The van der Waals surface area contributed by atoms with E-state index in [1.165, 1.54) is 6.21 Å². The van der Waals surface area contributed by atoms with Gasteiger partial charge in [-0.15, -0.1) is 0 Å². The van der Waals surface area contributed by atoms with Crippen molar-refractivity contribution in [1.29, 1.82) is 0 Å². The number of hydrogen-bond donors (Lipinski definition) is 2. The topological polar surface area (TPSA) is 61.7 Å². The molecule has 0 bridgehead atoms. The van der Waals surface area contributed by atoms with E-state index in [1.54, 1.807) is 30.3 Å². The Morgan fingerprint density at radius 3 is 2.62 bits per heavy atom. The van der Waals surface area contributed by atoms with E-state index in [-0.39, 0.29) is 11.7 Å². The molecule has 0 aliphatic carbocycles.